The molecular formula is C24H28N6O2S. The molecule has 3 aromatic rings. The number of fused-ring (bicyclic) bond motifs is 1. The van der Waals surface area contributed by atoms with E-state index in [-0.39, 0.29) is 11.8 Å². The van der Waals surface area contributed by atoms with Crippen LogP contribution in [0.2, 0.25) is 0 Å². The smallest absolute Gasteiger partial charge is 0.274 e. The molecule has 2 saturated heterocycles. The van der Waals surface area contributed by atoms with Gasteiger partial charge in [0, 0.05) is 51.7 Å². The number of hydrogen-bond acceptors (Lipinski definition) is 7. The van der Waals surface area contributed by atoms with E-state index in [0.717, 1.165) is 36.1 Å². The minimum Gasteiger partial charge on any atom is -0.342 e. The van der Waals surface area contributed by atoms with Gasteiger partial charge >= 0.3 is 0 Å². The molecule has 4 heterocycles. The van der Waals surface area contributed by atoms with E-state index in [1.807, 2.05) is 34.1 Å². The lowest BCUT2D eigenvalue weighted by Gasteiger charge is -2.35. The van der Waals surface area contributed by atoms with Crippen molar-refractivity contribution in [2.24, 2.45) is 0 Å². The number of para-hydroxylation sites is 1. The maximum absolute atomic E-state index is 13.3. The number of hydrogen-bond donors (Lipinski definition) is 0. The Kier molecular flexibility index (Phi) is 6.59. The monoisotopic (exact) mass is 464 g/mol. The number of carbonyl (C=O) groups excluding carboxylic acids is 2. The topological polar surface area (TPSA) is 82.5 Å². The summed E-state index contributed by atoms with van der Waals surface area (Å²) in [6, 6.07) is 7.90. The molecule has 0 atom stereocenters. The molecule has 0 aliphatic carbocycles. The van der Waals surface area contributed by atoms with E-state index in [4.69, 9.17) is 0 Å². The molecule has 5 rings (SSSR count). The van der Waals surface area contributed by atoms with Crippen LogP contribution in [0.5, 0.6) is 0 Å². The fourth-order valence-corrected chi connectivity index (χ4v) is 5.46. The van der Waals surface area contributed by atoms with Crippen LogP contribution in [0.3, 0.4) is 0 Å². The summed E-state index contributed by atoms with van der Waals surface area (Å²) in [6.07, 6.45) is 7.79. The minimum atomic E-state index is -0.129. The molecule has 9 heteroatoms. The number of likely N-dealkylation sites (tertiary alicyclic amines) is 1. The van der Waals surface area contributed by atoms with Crippen LogP contribution in [0.1, 0.15) is 36.2 Å². The van der Waals surface area contributed by atoms with Gasteiger partial charge in [-0.15, -0.1) is 11.3 Å². The predicted octanol–water partition coefficient (Wildman–Crippen LogP) is 2.91. The van der Waals surface area contributed by atoms with Crippen molar-refractivity contribution in [1.82, 2.24) is 29.7 Å². The highest BCUT2D eigenvalue weighted by Crippen LogP contribution is 2.30. The van der Waals surface area contributed by atoms with Crippen molar-refractivity contribution in [3.63, 3.8) is 0 Å². The largest absolute Gasteiger partial charge is 0.342 e. The summed E-state index contributed by atoms with van der Waals surface area (Å²) in [4.78, 5) is 45.5. The molecular weight excluding hydrogens is 436 g/mol. The van der Waals surface area contributed by atoms with E-state index in [1.54, 1.807) is 12.4 Å². The van der Waals surface area contributed by atoms with Crippen molar-refractivity contribution < 1.29 is 9.59 Å². The van der Waals surface area contributed by atoms with E-state index in [0.29, 0.717) is 49.1 Å². The number of aromatic nitrogens is 3. The zero-order chi connectivity index (χ0) is 22.6. The zero-order valence-electron chi connectivity index (χ0n) is 18.7. The van der Waals surface area contributed by atoms with Gasteiger partial charge < -0.3 is 9.80 Å². The Morgan fingerprint density at radius 2 is 1.58 bits per heavy atom. The molecule has 0 N–H and O–H groups in total. The maximum Gasteiger partial charge on any atom is 0.274 e. The first-order valence-electron chi connectivity index (χ1n) is 11.7. The standard InChI is InChI=1S/C24H28N6O2S/c31-20(29-11-5-1-2-6-12-29)17-28-13-15-30(16-14-28)24(32)22-21(25-9-10-26-22)23-27-18-7-3-4-8-19(18)33-23/h3-4,7-10H,1-2,5-6,11-17H2. The van der Waals surface area contributed by atoms with Gasteiger partial charge in [-0.25, -0.2) is 15.0 Å². The number of rotatable bonds is 4. The van der Waals surface area contributed by atoms with Gasteiger partial charge in [0.1, 0.15) is 10.7 Å². The highest BCUT2D eigenvalue weighted by Gasteiger charge is 2.28. The summed E-state index contributed by atoms with van der Waals surface area (Å²) in [5.74, 6) is 0.0829. The lowest BCUT2D eigenvalue weighted by molar-refractivity contribution is -0.132. The molecule has 8 nitrogen and oxygen atoms in total. The number of amides is 2. The molecule has 0 bridgehead atoms. The lowest BCUT2D eigenvalue weighted by atomic mass is 10.2. The molecule has 1 aromatic carbocycles. The number of thiazole rings is 1. The van der Waals surface area contributed by atoms with E-state index < -0.39 is 0 Å². The Hall–Kier alpha value is -2.91. The van der Waals surface area contributed by atoms with Crippen LogP contribution in [-0.4, -0.2) is 87.3 Å². The van der Waals surface area contributed by atoms with Crippen molar-refractivity contribution in [1.29, 1.82) is 0 Å². The van der Waals surface area contributed by atoms with Gasteiger partial charge in [-0.05, 0) is 25.0 Å². The first kappa shape index (κ1) is 21.9. The van der Waals surface area contributed by atoms with Crippen LogP contribution in [0.4, 0.5) is 0 Å². The summed E-state index contributed by atoms with van der Waals surface area (Å²) >= 11 is 1.52. The molecule has 172 valence electrons. The molecule has 2 aliphatic rings. The summed E-state index contributed by atoms with van der Waals surface area (Å²) in [6.45, 7) is 4.69. The average molecular weight is 465 g/mol. The Morgan fingerprint density at radius 3 is 2.33 bits per heavy atom. The molecule has 0 unspecified atom stereocenters. The highest BCUT2D eigenvalue weighted by molar-refractivity contribution is 7.21. The Morgan fingerprint density at radius 1 is 0.848 bits per heavy atom. The van der Waals surface area contributed by atoms with Crippen LogP contribution < -0.4 is 0 Å². The molecule has 2 fully saturated rings. The van der Waals surface area contributed by atoms with Crippen LogP contribution >= 0.6 is 11.3 Å². The second kappa shape index (κ2) is 9.93. The third-order valence-electron chi connectivity index (χ3n) is 6.37. The molecule has 0 spiro atoms. The molecule has 0 radical (unpaired) electrons. The first-order chi connectivity index (χ1) is 16.2. The maximum atomic E-state index is 13.3. The van der Waals surface area contributed by atoms with Gasteiger partial charge in [-0.2, -0.15) is 0 Å². The summed E-state index contributed by atoms with van der Waals surface area (Å²) < 4.78 is 1.05. The second-order valence-corrected chi connectivity index (χ2v) is 9.63. The van der Waals surface area contributed by atoms with Crippen molar-refractivity contribution in [3.05, 3.63) is 42.4 Å². The molecule has 0 saturated carbocycles. The number of carbonyl (C=O) groups is 2. The van der Waals surface area contributed by atoms with Crippen molar-refractivity contribution in [3.8, 4) is 10.7 Å². The molecule has 33 heavy (non-hydrogen) atoms. The Balaban J connectivity index is 1.24. The van der Waals surface area contributed by atoms with Crippen LogP contribution in [0, 0.1) is 0 Å². The van der Waals surface area contributed by atoms with Gasteiger partial charge in [-0.3, -0.25) is 14.5 Å². The van der Waals surface area contributed by atoms with Crippen molar-refractivity contribution in [2.45, 2.75) is 25.7 Å². The SMILES string of the molecule is O=C(CN1CCN(C(=O)c2nccnc2-c2nc3ccccc3s2)CC1)N1CCCCCC1. The third-order valence-corrected chi connectivity index (χ3v) is 7.42. The third kappa shape index (κ3) is 4.89. The van der Waals surface area contributed by atoms with Gasteiger partial charge in [0.05, 0.1) is 16.8 Å². The fraction of sp³-hybridized carbons (Fsp3) is 0.458. The summed E-state index contributed by atoms with van der Waals surface area (Å²) in [5.41, 5.74) is 1.76. The average Bonchev–Trinajstić information content (AvgIpc) is 3.09. The normalized spacial score (nSPS) is 17.8. The lowest BCUT2D eigenvalue weighted by Crippen LogP contribution is -2.51. The Labute approximate surface area is 197 Å². The molecule has 2 aromatic heterocycles. The summed E-state index contributed by atoms with van der Waals surface area (Å²) in [7, 11) is 0. The van der Waals surface area contributed by atoms with Crippen molar-refractivity contribution in [2.75, 3.05) is 45.8 Å². The van der Waals surface area contributed by atoms with Gasteiger partial charge in [0.15, 0.2) is 5.69 Å². The van der Waals surface area contributed by atoms with E-state index in [2.05, 4.69) is 19.9 Å². The Bertz CT molecular complexity index is 1100. The quantitative estimate of drug-likeness (QED) is 0.591. The molecule has 2 amide bonds. The minimum absolute atomic E-state index is 0.129. The molecule has 2 aliphatic heterocycles. The zero-order valence-corrected chi connectivity index (χ0v) is 19.5. The second-order valence-electron chi connectivity index (χ2n) is 8.60. The van der Waals surface area contributed by atoms with E-state index in [1.165, 1.54) is 24.2 Å². The number of benzene rings is 1. The van der Waals surface area contributed by atoms with Gasteiger partial charge in [-0.1, -0.05) is 25.0 Å². The van der Waals surface area contributed by atoms with E-state index in [9.17, 15) is 9.59 Å². The first-order valence-corrected chi connectivity index (χ1v) is 12.5. The van der Waals surface area contributed by atoms with Crippen LogP contribution in [-0.2, 0) is 4.79 Å². The predicted molar refractivity (Wildman–Crippen MR) is 128 cm³/mol. The number of nitrogens with zero attached hydrogens (tertiary/aromatic N) is 6. The van der Waals surface area contributed by atoms with Gasteiger partial charge in [0.2, 0.25) is 5.91 Å². The van der Waals surface area contributed by atoms with Crippen molar-refractivity contribution >= 4 is 33.4 Å². The van der Waals surface area contributed by atoms with Crippen LogP contribution in [0.15, 0.2) is 36.7 Å². The van der Waals surface area contributed by atoms with Gasteiger partial charge in [0.25, 0.3) is 5.91 Å². The van der Waals surface area contributed by atoms with Crippen LogP contribution in [0.25, 0.3) is 20.9 Å². The highest BCUT2D eigenvalue weighted by atomic mass is 32.1. The van der Waals surface area contributed by atoms with E-state index >= 15 is 0 Å². The summed E-state index contributed by atoms with van der Waals surface area (Å²) in [5, 5.41) is 0.703. The number of piperazine rings is 1. The fourth-order valence-electron chi connectivity index (χ4n) is 4.49.